The summed E-state index contributed by atoms with van der Waals surface area (Å²) in [6.07, 6.45) is 3.92. The number of nitriles is 1. The molecule has 0 aromatic heterocycles. The van der Waals surface area contributed by atoms with Gasteiger partial charge in [0.05, 0.1) is 16.3 Å². The first kappa shape index (κ1) is 12.6. The largest absolute Gasteiger partial charge is 0.383 e. The monoisotopic (exact) mass is 266 g/mol. The lowest BCUT2D eigenvalue weighted by Gasteiger charge is -2.22. The molecule has 2 rings (SSSR count). The lowest BCUT2D eigenvalue weighted by molar-refractivity contribution is 0.677. The number of nitrogens with zero attached hydrogens (tertiary/aromatic N) is 1. The zero-order valence-corrected chi connectivity index (χ0v) is 11.2. The van der Waals surface area contributed by atoms with Gasteiger partial charge in [-0.1, -0.05) is 24.1 Å². The average Bonchev–Trinajstić information content (AvgIpc) is 2.37. The van der Waals surface area contributed by atoms with E-state index in [1.165, 1.54) is 25.0 Å². The third-order valence-corrected chi connectivity index (χ3v) is 4.63. The van der Waals surface area contributed by atoms with Gasteiger partial charge in [0.1, 0.15) is 6.07 Å². The molecule has 90 valence electrons. The summed E-state index contributed by atoms with van der Waals surface area (Å²) in [6, 6.07) is 7.69. The van der Waals surface area contributed by atoms with E-state index in [0.29, 0.717) is 15.8 Å². The van der Waals surface area contributed by atoms with Crippen molar-refractivity contribution >= 4 is 29.1 Å². The van der Waals surface area contributed by atoms with Crippen molar-refractivity contribution in [3.63, 3.8) is 0 Å². The Labute approximate surface area is 111 Å². The number of rotatable bonds is 3. The summed E-state index contributed by atoms with van der Waals surface area (Å²) in [5, 5.41) is 13.6. The smallest absolute Gasteiger partial charge is 0.103 e. The first-order chi connectivity index (χ1) is 8.31. The van der Waals surface area contributed by atoms with Gasteiger partial charge in [0.15, 0.2) is 0 Å². The van der Waals surface area contributed by atoms with Gasteiger partial charge in [-0.3, -0.25) is 0 Å². The van der Waals surface area contributed by atoms with Gasteiger partial charge in [0.25, 0.3) is 0 Å². The summed E-state index contributed by atoms with van der Waals surface area (Å²) in [5.41, 5.74) is 1.40. The van der Waals surface area contributed by atoms with Crippen LogP contribution in [0.1, 0.15) is 24.8 Å². The van der Waals surface area contributed by atoms with Crippen LogP contribution in [-0.4, -0.2) is 17.5 Å². The van der Waals surface area contributed by atoms with Crippen molar-refractivity contribution in [2.24, 2.45) is 0 Å². The molecule has 1 aliphatic heterocycles. The van der Waals surface area contributed by atoms with E-state index < -0.39 is 0 Å². The van der Waals surface area contributed by atoms with Crippen LogP contribution in [0.3, 0.4) is 0 Å². The zero-order chi connectivity index (χ0) is 12.1. The first-order valence-electron chi connectivity index (χ1n) is 5.85. The number of halogens is 1. The second kappa shape index (κ2) is 6.18. The first-order valence-corrected chi connectivity index (χ1v) is 7.28. The number of benzene rings is 1. The molecule has 0 radical (unpaired) electrons. The van der Waals surface area contributed by atoms with E-state index in [9.17, 15) is 0 Å². The lowest BCUT2D eigenvalue weighted by atomic mass is 10.1. The van der Waals surface area contributed by atoms with Gasteiger partial charge >= 0.3 is 0 Å². The predicted molar refractivity (Wildman–Crippen MR) is 74.8 cm³/mol. The SMILES string of the molecule is N#Cc1c(Cl)cccc1NCC1CCCCS1. The number of nitrogens with one attached hydrogen (secondary N) is 1. The van der Waals surface area contributed by atoms with E-state index >= 15 is 0 Å². The average molecular weight is 267 g/mol. The van der Waals surface area contributed by atoms with Crippen LogP contribution >= 0.6 is 23.4 Å². The van der Waals surface area contributed by atoms with Gasteiger partial charge in [-0.15, -0.1) is 0 Å². The highest BCUT2D eigenvalue weighted by atomic mass is 35.5. The van der Waals surface area contributed by atoms with Crippen LogP contribution in [0.4, 0.5) is 5.69 Å². The maximum Gasteiger partial charge on any atom is 0.103 e. The van der Waals surface area contributed by atoms with Crippen molar-refractivity contribution in [1.82, 2.24) is 0 Å². The van der Waals surface area contributed by atoms with Gasteiger partial charge < -0.3 is 5.32 Å². The van der Waals surface area contributed by atoms with Crippen LogP contribution in [0.25, 0.3) is 0 Å². The van der Waals surface area contributed by atoms with Crippen molar-refractivity contribution in [3.8, 4) is 6.07 Å². The van der Waals surface area contributed by atoms with Gasteiger partial charge in [0, 0.05) is 11.8 Å². The Morgan fingerprint density at radius 1 is 1.47 bits per heavy atom. The normalized spacial score (nSPS) is 19.6. The third kappa shape index (κ3) is 3.31. The Hall–Kier alpha value is -0.850. The molecule has 1 aromatic carbocycles. The van der Waals surface area contributed by atoms with Gasteiger partial charge in [-0.05, 0) is 30.7 Å². The molecule has 1 N–H and O–H groups in total. The number of anilines is 1. The standard InChI is InChI=1S/C13H15ClN2S/c14-12-5-3-6-13(11(12)8-15)16-9-10-4-1-2-7-17-10/h3,5-6,10,16H,1-2,4,7,9H2. The van der Waals surface area contributed by atoms with Crippen LogP contribution in [0.15, 0.2) is 18.2 Å². The third-order valence-electron chi connectivity index (χ3n) is 2.92. The fourth-order valence-corrected chi connectivity index (χ4v) is 3.43. The van der Waals surface area contributed by atoms with Crippen molar-refractivity contribution in [2.45, 2.75) is 24.5 Å². The van der Waals surface area contributed by atoms with Crippen LogP contribution in [0.5, 0.6) is 0 Å². The van der Waals surface area contributed by atoms with E-state index in [1.54, 1.807) is 6.07 Å². The Bertz CT molecular complexity index is 422. The molecule has 1 aliphatic rings. The van der Waals surface area contributed by atoms with E-state index in [-0.39, 0.29) is 0 Å². The topological polar surface area (TPSA) is 35.8 Å². The fraction of sp³-hybridized carbons (Fsp3) is 0.462. The maximum atomic E-state index is 9.06. The van der Waals surface area contributed by atoms with Crippen molar-refractivity contribution in [3.05, 3.63) is 28.8 Å². The summed E-state index contributed by atoms with van der Waals surface area (Å²) in [4.78, 5) is 0. The quantitative estimate of drug-likeness (QED) is 0.901. The molecule has 1 saturated heterocycles. The van der Waals surface area contributed by atoms with Gasteiger partial charge in [0.2, 0.25) is 0 Å². The minimum Gasteiger partial charge on any atom is -0.383 e. The summed E-state index contributed by atoms with van der Waals surface area (Å²) >= 11 is 8.01. The predicted octanol–water partition coefficient (Wildman–Crippen LogP) is 3.91. The number of thioether (sulfide) groups is 1. The van der Waals surface area contributed by atoms with Crippen LogP contribution in [0.2, 0.25) is 5.02 Å². The highest BCUT2D eigenvalue weighted by molar-refractivity contribution is 7.99. The minimum atomic E-state index is 0.522. The van der Waals surface area contributed by atoms with E-state index in [2.05, 4.69) is 11.4 Å². The minimum absolute atomic E-state index is 0.522. The Balaban J connectivity index is 1.99. The van der Waals surface area contributed by atoms with Crippen LogP contribution in [-0.2, 0) is 0 Å². The maximum absolute atomic E-state index is 9.06. The molecule has 0 amide bonds. The summed E-state index contributed by atoms with van der Waals surface area (Å²) in [5.74, 6) is 1.26. The molecule has 1 heterocycles. The number of hydrogen-bond donors (Lipinski definition) is 1. The van der Waals surface area contributed by atoms with Crippen molar-refractivity contribution < 1.29 is 0 Å². The summed E-state index contributed by atoms with van der Waals surface area (Å²) in [6.45, 7) is 0.916. The van der Waals surface area contributed by atoms with Crippen molar-refractivity contribution in [2.75, 3.05) is 17.6 Å². The molecule has 2 nitrogen and oxygen atoms in total. The second-order valence-corrected chi connectivity index (χ2v) is 5.96. The molecule has 1 unspecified atom stereocenters. The Kier molecular flexibility index (Phi) is 4.58. The molecule has 0 aliphatic carbocycles. The molecular formula is C13H15ClN2S. The van der Waals surface area contributed by atoms with Crippen LogP contribution < -0.4 is 5.32 Å². The van der Waals surface area contributed by atoms with Gasteiger partial charge in [-0.2, -0.15) is 17.0 Å². The fourth-order valence-electron chi connectivity index (χ4n) is 1.98. The van der Waals surface area contributed by atoms with E-state index in [1.807, 2.05) is 23.9 Å². The molecule has 0 spiro atoms. The lowest BCUT2D eigenvalue weighted by Crippen LogP contribution is -2.20. The van der Waals surface area contributed by atoms with E-state index in [4.69, 9.17) is 16.9 Å². The van der Waals surface area contributed by atoms with Crippen molar-refractivity contribution in [1.29, 1.82) is 5.26 Å². The molecule has 1 aromatic rings. The molecule has 17 heavy (non-hydrogen) atoms. The van der Waals surface area contributed by atoms with E-state index in [0.717, 1.165) is 12.2 Å². The second-order valence-electron chi connectivity index (χ2n) is 4.14. The summed E-state index contributed by atoms with van der Waals surface area (Å²) < 4.78 is 0. The molecule has 0 bridgehead atoms. The zero-order valence-electron chi connectivity index (χ0n) is 9.58. The highest BCUT2D eigenvalue weighted by Crippen LogP contribution is 2.27. The van der Waals surface area contributed by atoms with Crippen LogP contribution in [0, 0.1) is 11.3 Å². The molecule has 0 saturated carbocycles. The highest BCUT2D eigenvalue weighted by Gasteiger charge is 2.14. The Morgan fingerprint density at radius 3 is 3.06 bits per heavy atom. The van der Waals surface area contributed by atoms with Gasteiger partial charge in [-0.25, -0.2) is 0 Å². The summed E-state index contributed by atoms with van der Waals surface area (Å²) in [7, 11) is 0. The molecular weight excluding hydrogens is 252 g/mol. The molecule has 1 atom stereocenters. The molecule has 4 heteroatoms. The Morgan fingerprint density at radius 2 is 2.35 bits per heavy atom. The number of hydrogen-bond acceptors (Lipinski definition) is 3. The molecule has 1 fully saturated rings.